The third-order valence-corrected chi connectivity index (χ3v) is 4.73. The fraction of sp³-hybridized carbons (Fsp3) is 0.231. The Hall–Kier alpha value is -1.80. The van der Waals surface area contributed by atoms with Crippen LogP contribution in [-0.4, -0.2) is 31.6 Å². The molecule has 112 valence electrons. The zero-order valence-corrected chi connectivity index (χ0v) is 12.6. The van der Waals surface area contributed by atoms with Gasteiger partial charge in [0.1, 0.15) is 5.03 Å². The predicted octanol–water partition coefficient (Wildman–Crippen LogP) is 2.47. The van der Waals surface area contributed by atoms with E-state index in [-0.39, 0.29) is 18.2 Å². The minimum absolute atomic E-state index is 0.201. The van der Waals surface area contributed by atoms with Gasteiger partial charge in [0.15, 0.2) is 0 Å². The summed E-state index contributed by atoms with van der Waals surface area (Å²) in [6, 6.07) is 8.17. The number of carbonyl (C=O) groups is 1. The summed E-state index contributed by atoms with van der Waals surface area (Å²) in [6.07, 6.45) is 2.56. The molecular weight excluding hydrogens is 312 g/mol. The molecule has 6 nitrogen and oxygen atoms in total. The van der Waals surface area contributed by atoms with E-state index < -0.39 is 5.97 Å². The third-order valence-electron chi connectivity index (χ3n) is 2.38. The first kappa shape index (κ1) is 15.6. The van der Waals surface area contributed by atoms with E-state index >= 15 is 0 Å². The van der Waals surface area contributed by atoms with Crippen LogP contribution in [0.2, 0.25) is 0 Å². The van der Waals surface area contributed by atoms with E-state index in [0.717, 1.165) is 10.8 Å². The van der Waals surface area contributed by atoms with Gasteiger partial charge in [0.05, 0.1) is 0 Å². The molecule has 0 bridgehead atoms. The van der Waals surface area contributed by atoms with Crippen LogP contribution in [0.25, 0.3) is 0 Å². The van der Waals surface area contributed by atoms with Crippen molar-refractivity contribution in [3.63, 3.8) is 0 Å². The minimum Gasteiger partial charge on any atom is -0.492 e. The summed E-state index contributed by atoms with van der Waals surface area (Å²) in [6.45, 7) is 0. The Labute approximate surface area is 129 Å². The van der Waals surface area contributed by atoms with Gasteiger partial charge >= 0.3 is 5.97 Å². The molecule has 2 rings (SSSR count). The Morgan fingerprint density at radius 2 is 2.00 bits per heavy atom. The fourth-order valence-electron chi connectivity index (χ4n) is 1.42. The lowest BCUT2D eigenvalue weighted by atomic mass is 10.3. The van der Waals surface area contributed by atoms with Gasteiger partial charge in [-0.15, -0.1) is 4.73 Å². The van der Waals surface area contributed by atoms with Crippen molar-refractivity contribution in [1.29, 1.82) is 0 Å². The first-order valence-electron chi connectivity index (χ1n) is 6.18. The summed E-state index contributed by atoms with van der Waals surface area (Å²) in [5, 5.41) is 19.6. The second-order valence-electron chi connectivity index (χ2n) is 3.98. The van der Waals surface area contributed by atoms with Gasteiger partial charge in [-0.2, -0.15) is 0 Å². The largest absolute Gasteiger partial charge is 0.492 e. The number of rotatable bonds is 7. The second-order valence-corrected chi connectivity index (χ2v) is 6.42. The summed E-state index contributed by atoms with van der Waals surface area (Å²) < 4.78 is 0.693. The van der Waals surface area contributed by atoms with Crippen molar-refractivity contribution in [2.75, 3.05) is 5.75 Å². The normalized spacial score (nSPS) is 10.5. The van der Waals surface area contributed by atoms with Gasteiger partial charge in [0.25, 0.3) is 0 Å². The molecule has 2 aromatic rings. The molecule has 0 aliphatic carbocycles. The molecule has 0 saturated heterocycles. The number of hydrogen-bond acceptors (Lipinski definition) is 7. The van der Waals surface area contributed by atoms with Crippen LogP contribution < -0.4 is 4.84 Å². The maximum Gasteiger partial charge on any atom is 0.333 e. The van der Waals surface area contributed by atoms with Crippen LogP contribution in [0.3, 0.4) is 0 Å². The average molecular weight is 326 g/mol. The Morgan fingerprint density at radius 3 is 2.67 bits per heavy atom. The SMILES string of the molecule is O=C(CCCSSc1ccccn1)On1c(O)ccc1O. The predicted molar refractivity (Wildman–Crippen MR) is 81.1 cm³/mol. The molecule has 0 aliphatic heterocycles. The van der Waals surface area contributed by atoms with Crippen molar-refractivity contribution in [2.45, 2.75) is 17.9 Å². The molecule has 0 unspecified atom stereocenters. The van der Waals surface area contributed by atoms with Gasteiger partial charge in [-0.05, 0) is 29.3 Å². The van der Waals surface area contributed by atoms with E-state index in [0.29, 0.717) is 11.2 Å². The van der Waals surface area contributed by atoms with Crippen LogP contribution >= 0.6 is 21.6 Å². The van der Waals surface area contributed by atoms with Gasteiger partial charge < -0.3 is 15.1 Å². The molecular formula is C13H14N2O4S2. The second kappa shape index (κ2) is 7.84. The molecule has 0 atom stereocenters. The van der Waals surface area contributed by atoms with E-state index in [4.69, 9.17) is 4.84 Å². The number of pyridine rings is 1. The third kappa shape index (κ3) is 4.91. The highest BCUT2D eigenvalue weighted by Gasteiger charge is 2.11. The first-order chi connectivity index (χ1) is 10.2. The summed E-state index contributed by atoms with van der Waals surface area (Å²) in [5.74, 6) is -0.387. The molecule has 0 spiro atoms. The smallest absolute Gasteiger partial charge is 0.333 e. The molecule has 21 heavy (non-hydrogen) atoms. The highest BCUT2D eigenvalue weighted by Crippen LogP contribution is 2.29. The maximum absolute atomic E-state index is 11.6. The van der Waals surface area contributed by atoms with Gasteiger partial charge in [0.2, 0.25) is 11.8 Å². The van der Waals surface area contributed by atoms with Crippen molar-refractivity contribution in [2.24, 2.45) is 0 Å². The zero-order chi connectivity index (χ0) is 15.1. The monoisotopic (exact) mass is 326 g/mol. The van der Waals surface area contributed by atoms with Crippen molar-refractivity contribution in [1.82, 2.24) is 9.71 Å². The number of aromatic nitrogens is 2. The van der Waals surface area contributed by atoms with Crippen LogP contribution in [-0.2, 0) is 4.79 Å². The van der Waals surface area contributed by atoms with Crippen LogP contribution in [0.15, 0.2) is 41.6 Å². The molecule has 0 fully saturated rings. The van der Waals surface area contributed by atoms with Crippen LogP contribution in [0.1, 0.15) is 12.8 Å². The number of aromatic hydroxyl groups is 2. The van der Waals surface area contributed by atoms with E-state index in [1.54, 1.807) is 27.8 Å². The lowest BCUT2D eigenvalue weighted by molar-refractivity contribution is -0.145. The Kier molecular flexibility index (Phi) is 5.82. The van der Waals surface area contributed by atoms with Crippen molar-refractivity contribution in [3.8, 4) is 11.8 Å². The van der Waals surface area contributed by atoms with Crippen molar-refractivity contribution < 1.29 is 19.8 Å². The molecule has 0 saturated carbocycles. The molecule has 8 heteroatoms. The molecule has 0 aromatic carbocycles. The average Bonchev–Trinajstić information content (AvgIpc) is 2.80. The molecule has 0 amide bonds. The van der Waals surface area contributed by atoms with Crippen LogP contribution in [0, 0.1) is 0 Å². The van der Waals surface area contributed by atoms with Gasteiger partial charge in [0, 0.05) is 30.5 Å². The van der Waals surface area contributed by atoms with Gasteiger partial charge in [-0.1, -0.05) is 16.9 Å². The summed E-state index contributed by atoms with van der Waals surface area (Å²) >= 11 is 0. The Morgan fingerprint density at radius 1 is 1.24 bits per heavy atom. The lowest BCUT2D eigenvalue weighted by Gasteiger charge is -2.06. The van der Waals surface area contributed by atoms with E-state index in [2.05, 4.69) is 4.98 Å². The van der Waals surface area contributed by atoms with E-state index in [1.807, 2.05) is 18.2 Å². The van der Waals surface area contributed by atoms with Crippen molar-refractivity contribution >= 4 is 27.6 Å². The fourth-order valence-corrected chi connectivity index (χ4v) is 3.38. The van der Waals surface area contributed by atoms with E-state index in [1.165, 1.54) is 12.1 Å². The topological polar surface area (TPSA) is 84.6 Å². The lowest BCUT2D eigenvalue weighted by Crippen LogP contribution is -2.18. The van der Waals surface area contributed by atoms with Gasteiger partial charge in [-0.25, -0.2) is 9.78 Å². The minimum atomic E-state index is -0.514. The summed E-state index contributed by atoms with van der Waals surface area (Å²) in [4.78, 5) is 20.6. The standard InChI is InChI=1S/C13H14N2O4S2/c16-11-6-7-12(17)15(11)19-13(18)5-3-9-20-21-10-4-1-2-8-14-10/h1-2,4,6-8,16-17H,3,5,9H2. The zero-order valence-electron chi connectivity index (χ0n) is 11.0. The highest BCUT2D eigenvalue weighted by atomic mass is 33.1. The number of carbonyl (C=O) groups excluding carboxylic acids is 1. The van der Waals surface area contributed by atoms with Crippen LogP contribution in [0.4, 0.5) is 0 Å². The number of hydrogen-bond donors (Lipinski definition) is 2. The molecule has 0 radical (unpaired) electrons. The molecule has 2 aromatic heterocycles. The highest BCUT2D eigenvalue weighted by molar-refractivity contribution is 8.76. The first-order valence-corrected chi connectivity index (χ1v) is 8.50. The summed E-state index contributed by atoms with van der Waals surface area (Å²) in [7, 11) is 3.15. The van der Waals surface area contributed by atoms with Crippen molar-refractivity contribution in [3.05, 3.63) is 36.5 Å². The quantitative estimate of drug-likeness (QED) is 0.597. The number of nitrogens with zero attached hydrogens (tertiary/aromatic N) is 2. The van der Waals surface area contributed by atoms with Gasteiger partial charge in [-0.3, -0.25) is 0 Å². The molecule has 2 N–H and O–H groups in total. The van der Waals surface area contributed by atoms with E-state index in [9.17, 15) is 15.0 Å². The van der Waals surface area contributed by atoms with Crippen LogP contribution in [0.5, 0.6) is 11.8 Å². The summed E-state index contributed by atoms with van der Waals surface area (Å²) in [5.41, 5.74) is 0. The molecule has 0 aliphatic rings. The Bertz CT molecular complexity index is 570. The maximum atomic E-state index is 11.6. The molecule has 2 heterocycles. The Balaban J connectivity index is 1.64.